The van der Waals surface area contributed by atoms with Gasteiger partial charge in [-0.1, -0.05) is 32.0 Å². The van der Waals surface area contributed by atoms with Gasteiger partial charge in [0.05, 0.1) is 6.10 Å². The first-order valence-corrected chi connectivity index (χ1v) is 6.17. The van der Waals surface area contributed by atoms with Crippen molar-refractivity contribution in [3.05, 3.63) is 29.8 Å². The Morgan fingerprint density at radius 1 is 1.33 bits per heavy atom. The average molecular weight is 251 g/mol. The van der Waals surface area contributed by atoms with Gasteiger partial charge in [-0.15, -0.1) is 0 Å². The number of aliphatic hydroxyl groups excluding tert-OH is 1. The van der Waals surface area contributed by atoms with E-state index in [0.29, 0.717) is 5.92 Å². The molecule has 4 nitrogen and oxygen atoms in total. The molecule has 1 rings (SSSR count). The normalized spacial score (nSPS) is 12.3. The molecule has 18 heavy (non-hydrogen) atoms. The lowest BCUT2D eigenvalue weighted by Crippen LogP contribution is -2.34. The van der Waals surface area contributed by atoms with Crippen LogP contribution in [0.5, 0.6) is 5.75 Å². The van der Waals surface area contributed by atoms with E-state index in [1.54, 1.807) is 6.92 Å². The van der Waals surface area contributed by atoms with Gasteiger partial charge in [-0.2, -0.15) is 0 Å². The molecule has 0 fully saturated rings. The first-order valence-electron chi connectivity index (χ1n) is 6.17. The van der Waals surface area contributed by atoms with Crippen LogP contribution in [0.4, 0.5) is 0 Å². The third-order valence-electron chi connectivity index (χ3n) is 2.49. The summed E-state index contributed by atoms with van der Waals surface area (Å²) in [5.41, 5.74) is 1.08. The number of ether oxygens (including phenoxy) is 1. The third kappa shape index (κ3) is 4.75. The Morgan fingerprint density at radius 3 is 2.61 bits per heavy atom. The maximum atomic E-state index is 11.5. The molecule has 0 aliphatic heterocycles. The number of para-hydroxylation sites is 1. The van der Waals surface area contributed by atoms with Gasteiger partial charge in [-0.25, -0.2) is 0 Å². The summed E-state index contributed by atoms with van der Waals surface area (Å²) < 4.78 is 5.50. The van der Waals surface area contributed by atoms with Crippen molar-refractivity contribution in [2.75, 3.05) is 13.2 Å². The molecule has 1 atom stereocenters. The Hall–Kier alpha value is -1.55. The first-order chi connectivity index (χ1) is 8.50. The van der Waals surface area contributed by atoms with Crippen molar-refractivity contribution in [1.29, 1.82) is 0 Å². The minimum absolute atomic E-state index is 0.0313. The van der Waals surface area contributed by atoms with E-state index in [0.717, 1.165) is 11.3 Å². The number of carbonyl (C=O) groups is 1. The zero-order valence-corrected chi connectivity index (χ0v) is 11.1. The fourth-order valence-electron chi connectivity index (χ4n) is 1.54. The number of nitrogens with one attached hydrogen (secondary N) is 1. The van der Waals surface area contributed by atoms with Gasteiger partial charge >= 0.3 is 0 Å². The number of rotatable bonds is 6. The van der Waals surface area contributed by atoms with E-state index in [4.69, 9.17) is 9.84 Å². The lowest BCUT2D eigenvalue weighted by molar-refractivity contribution is -0.123. The smallest absolute Gasteiger partial charge is 0.258 e. The first kappa shape index (κ1) is 14.5. The molecule has 0 aromatic heterocycles. The summed E-state index contributed by atoms with van der Waals surface area (Å²) in [5, 5.41) is 11.6. The number of benzene rings is 1. The van der Waals surface area contributed by atoms with Crippen molar-refractivity contribution in [3.8, 4) is 5.75 Å². The topological polar surface area (TPSA) is 58.6 Å². The molecule has 100 valence electrons. The Bertz CT molecular complexity index is 388. The van der Waals surface area contributed by atoms with Gasteiger partial charge in [-0.05, 0) is 24.5 Å². The van der Waals surface area contributed by atoms with Gasteiger partial charge in [0.1, 0.15) is 5.75 Å². The van der Waals surface area contributed by atoms with E-state index < -0.39 is 6.10 Å². The van der Waals surface area contributed by atoms with Gasteiger partial charge in [0.25, 0.3) is 5.91 Å². The summed E-state index contributed by atoms with van der Waals surface area (Å²) in [5.74, 6) is 0.857. The zero-order chi connectivity index (χ0) is 13.5. The third-order valence-corrected chi connectivity index (χ3v) is 2.49. The second kappa shape index (κ2) is 7.01. The fourth-order valence-corrected chi connectivity index (χ4v) is 1.54. The fraction of sp³-hybridized carbons (Fsp3) is 0.500. The van der Waals surface area contributed by atoms with Gasteiger partial charge in [0, 0.05) is 6.54 Å². The van der Waals surface area contributed by atoms with Crippen LogP contribution in [0.15, 0.2) is 24.3 Å². The van der Waals surface area contributed by atoms with Crippen LogP contribution >= 0.6 is 0 Å². The van der Waals surface area contributed by atoms with Gasteiger partial charge in [0.15, 0.2) is 6.61 Å². The quantitative estimate of drug-likeness (QED) is 0.809. The summed E-state index contributed by atoms with van der Waals surface area (Å²) in [7, 11) is 0. The number of hydrogen-bond acceptors (Lipinski definition) is 3. The SMILES string of the molecule is CC(C)c1ccccc1OCC(=O)NC[C@@H](C)O. The van der Waals surface area contributed by atoms with Crippen LogP contribution in [0.1, 0.15) is 32.3 Å². The Morgan fingerprint density at radius 2 is 2.00 bits per heavy atom. The van der Waals surface area contributed by atoms with Crippen LogP contribution in [-0.2, 0) is 4.79 Å². The summed E-state index contributed by atoms with van der Waals surface area (Å²) in [6.07, 6.45) is -0.545. The van der Waals surface area contributed by atoms with Crippen LogP contribution in [-0.4, -0.2) is 30.3 Å². The van der Waals surface area contributed by atoms with Gasteiger partial charge < -0.3 is 15.2 Å². The lowest BCUT2D eigenvalue weighted by atomic mass is 10.0. The highest BCUT2D eigenvalue weighted by atomic mass is 16.5. The van der Waals surface area contributed by atoms with E-state index in [1.807, 2.05) is 24.3 Å². The summed E-state index contributed by atoms with van der Waals surface area (Å²) >= 11 is 0. The molecule has 1 aromatic carbocycles. The van der Waals surface area contributed by atoms with E-state index >= 15 is 0 Å². The highest BCUT2D eigenvalue weighted by Crippen LogP contribution is 2.25. The van der Waals surface area contributed by atoms with E-state index in [9.17, 15) is 4.79 Å². The molecule has 0 radical (unpaired) electrons. The molecule has 0 saturated carbocycles. The summed E-state index contributed by atoms with van der Waals surface area (Å²) in [6.45, 7) is 5.99. The summed E-state index contributed by atoms with van der Waals surface area (Å²) in [4.78, 5) is 11.5. The van der Waals surface area contributed by atoms with Gasteiger partial charge in [0.2, 0.25) is 0 Å². The largest absolute Gasteiger partial charge is 0.483 e. The van der Waals surface area contributed by atoms with Crippen molar-refractivity contribution in [2.45, 2.75) is 32.8 Å². The number of amides is 1. The Kier molecular flexibility index (Phi) is 5.65. The van der Waals surface area contributed by atoms with Crippen molar-refractivity contribution in [3.63, 3.8) is 0 Å². The van der Waals surface area contributed by atoms with Crippen LogP contribution < -0.4 is 10.1 Å². The van der Waals surface area contributed by atoms with Crippen molar-refractivity contribution in [2.24, 2.45) is 0 Å². The van der Waals surface area contributed by atoms with E-state index in [-0.39, 0.29) is 19.1 Å². The summed E-state index contributed by atoms with van der Waals surface area (Å²) in [6, 6.07) is 7.69. The highest BCUT2D eigenvalue weighted by molar-refractivity contribution is 5.77. The zero-order valence-electron chi connectivity index (χ0n) is 11.1. The maximum absolute atomic E-state index is 11.5. The maximum Gasteiger partial charge on any atom is 0.258 e. The van der Waals surface area contributed by atoms with E-state index in [1.165, 1.54) is 0 Å². The van der Waals surface area contributed by atoms with Crippen molar-refractivity contribution in [1.82, 2.24) is 5.32 Å². The standard InChI is InChI=1S/C14H21NO3/c1-10(2)12-6-4-5-7-13(12)18-9-14(17)15-8-11(3)16/h4-7,10-11,16H,8-9H2,1-3H3,(H,15,17)/t11-/m1/s1. The molecule has 0 saturated heterocycles. The number of carbonyl (C=O) groups excluding carboxylic acids is 1. The molecule has 0 spiro atoms. The van der Waals surface area contributed by atoms with Crippen LogP contribution in [0.25, 0.3) is 0 Å². The minimum atomic E-state index is -0.545. The molecule has 0 unspecified atom stereocenters. The Labute approximate surface area is 108 Å². The monoisotopic (exact) mass is 251 g/mol. The predicted octanol–water partition coefficient (Wildman–Crippen LogP) is 1.69. The lowest BCUT2D eigenvalue weighted by Gasteiger charge is -2.14. The molecule has 4 heteroatoms. The molecule has 1 amide bonds. The van der Waals surface area contributed by atoms with Gasteiger partial charge in [-0.3, -0.25) is 4.79 Å². The molecule has 0 heterocycles. The Balaban J connectivity index is 2.50. The molecule has 1 aromatic rings. The van der Waals surface area contributed by atoms with Crippen molar-refractivity contribution >= 4 is 5.91 Å². The predicted molar refractivity (Wildman–Crippen MR) is 70.7 cm³/mol. The molecule has 0 aliphatic carbocycles. The molecule has 2 N–H and O–H groups in total. The number of hydrogen-bond donors (Lipinski definition) is 2. The van der Waals surface area contributed by atoms with Crippen LogP contribution in [0.2, 0.25) is 0 Å². The molecule has 0 bridgehead atoms. The average Bonchev–Trinajstić information content (AvgIpc) is 2.34. The van der Waals surface area contributed by atoms with Crippen LogP contribution in [0, 0.1) is 0 Å². The molecular formula is C14H21NO3. The molecular weight excluding hydrogens is 230 g/mol. The van der Waals surface area contributed by atoms with E-state index in [2.05, 4.69) is 19.2 Å². The second-order valence-corrected chi connectivity index (χ2v) is 4.63. The highest BCUT2D eigenvalue weighted by Gasteiger charge is 2.09. The van der Waals surface area contributed by atoms with Crippen molar-refractivity contribution < 1.29 is 14.6 Å². The minimum Gasteiger partial charge on any atom is -0.483 e. The van der Waals surface area contributed by atoms with Crippen LogP contribution in [0.3, 0.4) is 0 Å². The molecule has 0 aliphatic rings. The number of aliphatic hydroxyl groups is 1. The second-order valence-electron chi connectivity index (χ2n) is 4.63.